The van der Waals surface area contributed by atoms with Crippen LogP contribution in [0.5, 0.6) is 0 Å². The second-order valence-corrected chi connectivity index (χ2v) is 4.97. The molecule has 1 aliphatic heterocycles. The number of H-pyrrole nitrogens is 1. The highest BCUT2D eigenvalue weighted by Gasteiger charge is 2.11. The lowest BCUT2D eigenvalue weighted by molar-refractivity contribution is 0.343. The van der Waals surface area contributed by atoms with E-state index < -0.39 is 0 Å². The first-order valence-corrected chi connectivity index (χ1v) is 6.49. The van der Waals surface area contributed by atoms with Crippen molar-refractivity contribution in [1.29, 1.82) is 0 Å². The van der Waals surface area contributed by atoms with Crippen LogP contribution in [0.25, 0.3) is 11.0 Å². The van der Waals surface area contributed by atoms with Crippen molar-refractivity contribution in [2.24, 2.45) is 0 Å². The molecule has 3 heteroatoms. The number of hydrogen-bond acceptors (Lipinski definition) is 2. The SMILES string of the molecule is Cc1nc2ccc(CCN3CCCC3)cc2[nH]1. The van der Waals surface area contributed by atoms with Gasteiger partial charge in [0, 0.05) is 6.54 Å². The summed E-state index contributed by atoms with van der Waals surface area (Å²) in [7, 11) is 0. The molecular formula is C14H19N3. The van der Waals surface area contributed by atoms with Gasteiger partial charge in [-0.1, -0.05) is 6.07 Å². The maximum atomic E-state index is 4.43. The Balaban J connectivity index is 1.71. The monoisotopic (exact) mass is 229 g/mol. The fraction of sp³-hybridized carbons (Fsp3) is 0.500. The number of nitrogens with zero attached hydrogens (tertiary/aromatic N) is 2. The molecule has 1 saturated heterocycles. The summed E-state index contributed by atoms with van der Waals surface area (Å²) in [5.41, 5.74) is 3.65. The maximum Gasteiger partial charge on any atom is 0.104 e. The van der Waals surface area contributed by atoms with Gasteiger partial charge >= 0.3 is 0 Å². The van der Waals surface area contributed by atoms with Crippen LogP contribution in [-0.4, -0.2) is 34.5 Å². The number of aromatic nitrogens is 2. The first-order chi connectivity index (χ1) is 8.31. The van der Waals surface area contributed by atoms with Gasteiger partial charge in [-0.2, -0.15) is 0 Å². The summed E-state index contributed by atoms with van der Waals surface area (Å²) in [6, 6.07) is 6.57. The van der Waals surface area contributed by atoms with Crippen molar-refractivity contribution in [2.75, 3.05) is 19.6 Å². The van der Waals surface area contributed by atoms with Crippen LogP contribution in [0.15, 0.2) is 18.2 Å². The van der Waals surface area contributed by atoms with Crippen LogP contribution in [0.2, 0.25) is 0 Å². The summed E-state index contributed by atoms with van der Waals surface area (Å²) in [6.45, 7) is 5.76. The minimum Gasteiger partial charge on any atom is -0.342 e. The predicted octanol–water partition coefficient (Wildman–Crippen LogP) is 2.51. The summed E-state index contributed by atoms with van der Waals surface area (Å²) in [4.78, 5) is 10.3. The van der Waals surface area contributed by atoms with Crippen molar-refractivity contribution in [2.45, 2.75) is 26.2 Å². The quantitative estimate of drug-likeness (QED) is 0.877. The summed E-state index contributed by atoms with van der Waals surface area (Å²) >= 11 is 0. The van der Waals surface area contributed by atoms with Crippen molar-refractivity contribution in [3.63, 3.8) is 0 Å². The fourth-order valence-corrected chi connectivity index (χ4v) is 2.63. The number of benzene rings is 1. The number of imidazole rings is 1. The van der Waals surface area contributed by atoms with Crippen LogP contribution >= 0.6 is 0 Å². The molecule has 0 atom stereocenters. The van der Waals surface area contributed by atoms with Crippen LogP contribution in [0.4, 0.5) is 0 Å². The Hall–Kier alpha value is -1.35. The lowest BCUT2D eigenvalue weighted by Gasteiger charge is -2.13. The summed E-state index contributed by atoms with van der Waals surface area (Å²) < 4.78 is 0. The van der Waals surface area contributed by atoms with E-state index in [1.165, 1.54) is 43.6 Å². The number of aryl methyl sites for hydroxylation is 1. The molecule has 17 heavy (non-hydrogen) atoms. The Morgan fingerprint density at radius 3 is 2.94 bits per heavy atom. The second-order valence-electron chi connectivity index (χ2n) is 4.97. The van der Waals surface area contributed by atoms with Crippen LogP contribution in [0.3, 0.4) is 0 Å². The lowest BCUT2D eigenvalue weighted by Crippen LogP contribution is -2.21. The van der Waals surface area contributed by atoms with E-state index in [0.717, 1.165) is 17.8 Å². The molecule has 0 spiro atoms. The van der Waals surface area contributed by atoms with E-state index in [1.54, 1.807) is 0 Å². The van der Waals surface area contributed by atoms with Gasteiger partial charge in [0.05, 0.1) is 11.0 Å². The maximum absolute atomic E-state index is 4.43. The highest BCUT2D eigenvalue weighted by atomic mass is 15.1. The molecule has 1 aliphatic rings. The summed E-state index contributed by atoms with van der Waals surface area (Å²) in [5.74, 6) is 0.997. The second kappa shape index (κ2) is 4.49. The van der Waals surface area contributed by atoms with E-state index >= 15 is 0 Å². The van der Waals surface area contributed by atoms with Crippen molar-refractivity contribution in [3.8, 4) is 0 Å². The van der Waals surface area contributed by atoms with E-state index in [2.05, 4.69) is 33.1 Å². The Labute approximate surface area is 102 Å². The topological polar surface area (TPSA) is 31.9 Å². The number of nitrogens with one attached hydrogen (secondary N) is 1. The van der Waals surface area contributed by atoms with Crippen molar-refractivity contribution >= 4 is 11.0 Å². The van der Waals surface area contributed by atoms with Gasteiger partial charge in [-0.05, 0) is 57.0 Å². The van der Waals surface area contributed by atoms with Crippen LogP contribution in [-0.2, 0) is 6.42 Å². The zero-order valence-corrected chi connectivity index (χ0v) is 10.4. The zero-order chi connectivity index (χ0) is 11.7. The highest BCUT2D eigenvalue weighted by Crippen LogP contribution is 2.15. The Bertz CT molecular complexity index is 509. The minimum absolute atomic E-state index is 0.997. The molecule has 0 aliphatic carbocycles. The molecule has 0 radical (unpaired) electrons. The van der Waals surface area contributed by atoms with Gasteiger partial charge in [-0.3, -0.25) is 0 Å². The van der Waals surface area contributed by atoms with Gasteiger partial charge in [0.25, 0.3) is 0 Å². The average molecular weight is 229 g/mol. The Morgan fingerprint density at radius 1 is 1.29 bits per heavy atom. The molecule has 1 aromatic heterocycles. The van der Waals surface area contributed by atoms with Gasteiger partial charge in [-0.25, -0.2) is 4.98 Å². The molecule has 3 nitrogen and oxygen atoms in total. The van der Waals surface area contributed by atoms with Crippen molar-refractivity contribution in [3.05, 3.63) is 29.6 Å². The van der Waals surface area contributed by atoms with Crippen molar-refractivity contribution < 1.29 is 0 Å². The molecular weight excluding hydrogens is 210 g/mol. The largest absolute Gasteiger partial charge is 0.342 e. The number of likely N-dealkylation sites (tertiary alicyclic amines) is 1. The van der Waals surface area contributed by atoms with Crippen molar-refractivity contribution in [1.82, 2.24) is 14.9 Å². The Kier molecular flexibility index (Phi) is 2.85. The standard InChI is InChI=1S/C14H19N3/c1-11-15-13-5-4-12(10-14(13)16-11)6-9-17-7-2-3-8-17/h4-5,10H,2-3,6-9H2,1H3,(H,15,16). The molecule has 3 rings (SSSR count). The van der Waals surface area contributed by atoms with Gasteiger partial charge < -0.3 is 9.88 Å². The molecule has 90 valence electrons. The Morgan fingerprint density at radius 2 is 2.12 bits per heavy atom. The fourth-order valence-electron chi connectivity index (χ4n) is 2.63. The van der Waals surface area contributed by atoms with E-state index in [9.17, 15) is 0 Å². The normalized spacial score (nSPS) is 17.0. The molecule has 1 fully saturated rings. The van der Waals surface area contributed by atoms with Gasteiger partial charge in [0.1, 0.15) is 5.82 Å². The van der Waals surface area contributed by atoms with Gasteiger partial charge in [0.15, 0.2) is 0 Å². The van der Waals surface area contributed by atoms with E-state index in [1.807, 2.05) is 6.92 Å². The molecule has 1 N–H and O–H groups in total. The lowest BCUT2D eigenvalue weighted by atomic mass is 10.1. The van der Waals surface area contributed by atoms with Crippen LogP contribution in [0, 0.1) is 6.92 Å². The third-order valence-corrected chi connectivity index (χ3v) is 3.58. The van der Waals surface area contributed by atoms with Crippen LogP contribution in [0.1, 0.15) is 24.2 Å². The number of fused-ring (bicyclic) bond motifs is 1. The van der Waals surface area contributed by atoms with E-state index in [-0.39, 0.29) is 0 Å². The van der Waals surface area contributed by atoms with Gasteiger partial charge in [-0.15, -0.1) is 0 Å². The molecule has 1 aromatic carbocycles. The third kappa shape index (κ3) is 2.34. The summed E-state index contributed by atoms with van der Waals surface area (Å²) in [6.07, 6.45) is 3.89. The zero-order valence-electron chi connectivity index (χ0n) is 10.4. The smallest absolute Gasteiger partial charge is 0.104 e. The average Bonchev–Trinajstić information content (AvgIpc) is 2.92. The first kappa shape index (κ1) is 10.8. The predicted molar refractivity (Wildman–Crippen MR) is 70.2 cm³/mol. The molecule has 0 saturated carbocycles. The molecule has 0 unspecified atom stereocenters. The number of hydrogen-bond donors (Lipinski definition) is 1. The van der Waals surface area contributed by atoms with E-state index in [4.69, 9.17) is 0 Å². The minimum atomic E-state index is 0.997. The molecule has 0 bridgehead atoms. The van der Waals surface area contributed by atoms with Gasteiger partial charge in [0.2, 0.25) is 0 Å². The first-order valence-electron chi connectivity index (χ1n) is 6.49. The van der Waals surface area contributed by atoms with E-state index in [0.29, 0.717) is 0 Å². The molecule has 0 amide bonds. The third-order valence-electron chi connectivity index (χ3n) is 3.58. The number of rotatable bonds is 3. The molecule has 2 aromatic rings. The number of aromatic amines is 1. The highest BCUT2D eigenvalue weighted by molar-refractivity contribution is 5.75. The summed E-state index contributed by atoms with van der Waals surface area (Å²) in [5, 5.41) is 0. The molecule has 2 heterocycles. The van der Waals surface area contributed by atoms with Crippen LogP contribution < -0.4 is 0 Å².